The van der Waals surface area contributed by atoms with E-state index in [-0.39, 0.29) is 11.9 Å². The van der Waals surface area contributed by atoms with Crippen molar-refractivity contribution in [3.05, 3.63) is 35.9 Å². The van der Waals surface area contributed by atoms with Gasteiger partial charge < -0.3 is 15.4 Å². The van der Waals surface area contributed by atoms with E-state index in [4.69, 9.17) is 10.5 Å². The number of carbonyl (C=O) groups is 1. The van der Waals surface area contributed by atoms with Gasteiger partial charge in [-0.05, 0) is 18.9 Å². The minimum Gasteiger partial charge on any atom is -0.364 e. The van der Waals surface area contributed by atoms with Gasteiger partial charge in [-0.15, -0.1) is 0 Å². The molecule has 1 fully saturated rings. The highest BCUT2D eigenvalue weighted by Gasteiger charge is 2.30. The first-order valence-corrected chi connectivity index (χ1v) is 6.43. The van der Waals surface area contributed by atoms with E-state index >= 15 is 0 Å². The summed E-state index contributed by atoms with van der Waals surface area (Å²) in [4.78, 5) is 14.2. The molecule has 0 aromatic heterocycles. The SMILES string of the molecule is CCO[C@@H](C(=O)N1CC[C@H](N)C1)c1ccccc1. The van der Waals surface area contributed by atoms with E-state index in [9.17, 15) is 4.79 Å². The van der Waals surface area contributed by atoms with Crippen LogP contribution in [0.15, 0.2) is 30.3 Å². The van der Waals surface area contributed by atoms with Crippen LogP contribution in [0.3, 0.4) is 0 Å². The predicted octanol–water partition coefficient (Wildman–Crippen LogP) is 1.32. The minimum atomic E-state index is -0.499. The lowest BCUT2D eigenvalue weighted by atomic mass is 10.1. The number of benzene rings is 1. The Kier molecular flexibility index (Phi) is 4.33. The molecule has 2 rings (SSSR count). The molecule has 0 saturated carbocycles. The predicted molar refractivity (Wildman–Crippen MR) is 70.0 cm³/mol. The highest BCUT2D eigenvalue weighted by atomic mass is 16.5. The molecule has 98 valence electrons. The number of likely N-dealkylation sites (tertiary alicyclic amines) is 1. The van der Waals surface area contributed by atoms with Gasteiger partial charge in [-0.25, -0.2) is 0 Å². The van der Waals surface area contributed by atoms with Gasteiger partial charge in [-0.1, -0.05) is 30.3 Å². The van der Waals surface area contributed by atoms with Gasteiger partial charge in [0.15, 0.2) is 6.10 Å². The first kappa shape index (κ1) is 13.1. The Morgan fingerprint density at radius 3 is 2.78 bits per heavy atom. The van der Waals surface area contributed by atoms with Crippen molar-refractivity contribution in [3.63, 3.8) is 0 Å². The highest BCUT2D eigenvalue weighted by Crippen LogP contribution is 2.22. The maximum absolute atomic E-state index is 12.4. The lowest BCUT2D eigenvalue weighted by Crippen LogP contribution is -2.36. The Morgan fingerprint density at radius 2 is 2.22 bits per heavy atom. The second-order valence-corrected chi connectivity index (χ2v) is 4.58. The number of hydrogen-bond acceptors (Lipinski definition) is 3. The molecule has 2 atom stereocenters. The Balaban J connectivity index is 2.12. The number of hydrogen-bond donors (Lipinski definition) is 1. The highest BCUT2D eigenvalue weighted by molar-refractivity contribution is 5.82. The quantitative estimate of drug-likeness (QED) is 0.874. The van der Waals surface area contributed by atoms with Crippen LogP contribution in [0.25, 0.3) is 0 Å². The molecule has 4 nitrogen and oxygen atoms in total. The lowest BCUT2D eigenvalue weighted by Gasteiger charge is -2.23. The fourth-order valence-electron chi connectivity index (χ4n) is 2.26. The fraction of sp³-hybridized carbons (Fsp3) is 0.500. The van der Waals surface area contributed by atoms with Crippen LogP contribution in [0, 0.1) is 0 Å². The van der Waals surface area contributed by atoms with Crippen LogP contribution < -0.4 is 5.73 Å². The van der Waals surface area contributed by atoms with Crippen LogP contribution in [0.5, 0.6) is 0 Å². The van der Waals surface area contributed by atoms with Gasteiger partial charge in [0.25, 0.3) is 5.91 Å². The molecule has 1 heterocycles. The normalized spacial score (nSPS) is 21.0. The third-order valence-corrected chi connectivity index (χ3v) is 3.20. The molecule has 1 aliphatic rings. The van der Waals surface area contributed by atoms with Gasteiger partial charge in [-0.3, -0.25) is 4.79 Å². The Labute approximate surface area is 108 Å². The summed E-state index contributed by atoms with van der Waals surface area (Å²) in [6, 6.07) is 9.73. The fourth-order valence-corrected chi connectivity index (χ4v) is 2.26. The third kappa shape index (κ3) is 2.89. The number of carbonyl (C=O) groups excluding carboxylic acids is 1. The summed E-state index contributed by atoms with van der Waals surface area (Å²) in [7, 11) is 0. The van der Waals surface area contributed by atoms with Crippen LogP contribution in [-0.4, -0.2) is 36.5 Å². The van der Waals surface area contributed by atoms with Crippen molar-refractivity contribution in [1.82, 2.24) is 4.90 Å². The van der Waals surface area contributed by atoms with E-state index in [0.717, 1.165) is 18.5 Å². The lowest BCUT2D eigenvalue weighted by molar-refractivity contribution is -0.142. The van der Waals surface area contributed by atoms with Gasteiger partial charge in [0.2, 0.25) is 0 Å². The van der Waals surface area contributed by atoms with Crippen LogP contribution in [-0.2, 0) is 9.53 Å². The molecule has 0 spiro atoms. The molecule has 1 aromatic carbocycles. The zero-order chi connectivity index (χ0) is 13.0. The molecule has 1 aliphatic heterocycles. The van der Waals surface area contributed by atoms with Crippen molar-refractivity contribution >= 4 is 5.91 Å². The average molecular weight is 248 g/mol. The molecule has 0 unspecified atom stereocenters. The monoisotopic (exact) mass is 248 g/mol. The smallest absolute Gasteiger partial charge is 0.256 e. The molecule has 0 radical (unpaired) electrons. The van der Waals surface area contributed by atoms with Gasteiger partial charge in [-0.2, -0.15) is 0 Å². The van der Waals surface area contributed by atoms with Gasteiger partial charge in [0.05, 0.1) is 0 Å². The first-order valence-electron chi connectivity index (χ1n) is 6.43. The topological polar surface area (TPSA) is 55.6 Å². The zero-order valence-electron chi connectivity index (χ0n) is 10.7. The second kappa shape index (κ2) is 5.98. The average Bonchev–Trinajstić information content (AvgIpc) is 2.83. The van der Waals surface area contributed by atoms with Gasteiger partial charge >= 0.3 is 0 Å². The van der Waals surface area contributed by atoms with E-state index in [1.165, 1.54) is 0 Å². The summed E-state index contributed by atoms with van der Waals surface area (Å²) in [6.07, 6.45) is 0.376. The van der Waals surface area contributed by atoms with E-state index < -0.39 is 6.10 Å². The molecule has 18 heavy (non-hydrogen) atoms. The number of amides is 1. The van der Waals surface area contributed by atoms with Crippen molar-refractivity contribution in [3.8, 4) is 0 Å². The number of ether oxygens (including phenoxy) is 1. The van der Waals surface area contributed by atoms with Crippen molar-refractivity contribution in [2.45, 2.75) is 25.5 Å². The molecular weight excluding hydrogens is 228 g/mol. The van der Waals surface area contributed by atoms with Crippen LogP contribution in [0.4, 0.5) is 0 Å². The molecule has 4 heteroatoms. The van der Waals surface area contributed by atoms with E-state index in [1.807, 2.05) is 37.3 Å². The number of nitrogens with two attached hydrogens (primary N) is 1. The van der Waals surface area contributed by atoms with Crippen LogP contribution >= 0.6 is 0 Å². The maximum atomic E-state index is 12.4. The second-order valence-electron chi connectivity index (χ2n) is 4.58. The zero-order valence-corrected chi connectivity index (χ0v) is 10.7. The molecule has 1 amide bonds. The van der Waals surface area contributed by atoms with Crippen LogP contribution in [0.1, 0.15) is 25.0 Å². The molecule has 2 N–H and O–H groups in total. The van der Waals surface area contributed by atoms with Crippen LogP contribution in [0.2, 0.25) is 0 Å². The minimum absolute atomic E-state index is 0.0241. The van der Waals surface area contributed by atoms with Crippen molar-refractivity contribution < 1.29 is 9.53 Å². The summed E-state index contributed by atoms with van der Waals surface area (Å²) in [6.45, 7) is 3.79. The molecule has 1 aromatic rings. The largest absolute Gasteiger partial charge is 0.364 e. The molecular formula is C14H20N2O2. The van der Waals surface area contributed by atoms with Gasteiger partial charge in [0.1, 0.15) is 0 Å². The standard InChI is InChI=1S/C14H20N2O2/c1-2-18-13(11-6-4-3-5-7-11)14(17)16-9-8-12(15)10-16/h3-7,12-13H,2,8-10,15H2,1H3/t12-,13+/m0/s1. The van der Waals surface area contributed by atoms with Gasteiger partial charge in [0, 0.05) is 25.7 Å². The van der Waals surface area contributed by atoms with Crippen molar-refractivity contribution in [1.29, 1.82) is 0 Å². The summed E-state index contributed by atoms with van der Waals surface area (Å²) < 4.78 is 5.61. The van der Waals surface area contributed by atoms with E-state index in [2.05, 4.69) is 0 Å². The Hall–Kier alpha value is -1.39. The molecule has 0 bridgehead atoms. The van der Waals surface area contributed by atoms with E-state index in [0.29, 0.717) is 13.2 Å². The summed E-state index contributed by atoms with van der Waals surface area (Å²) in [5.41, 5.74) is 6.75. The summed E-state index contributed by atoms with van der Waals surface area (Å²) >= 11 is 0. The van der Waals surface area contributed by atoms with Crippen molar-refractivity contribution in [2.75, 3.05) is 19.7 Å². The molecule has 0 aliphatic carbocycles. The number of nitrogens with zero attached hydrogens (tertiary/aromatic N) is 1. The summed E-state index contributed by atoms with van der Waals surface area (Å²) in [5.74, 6) is 0.0241. The maximum Gasteiger partial charge on any atom is 0.256 e. The summed E-state index contributed by atoms with van der Waals surface area (Å²) in [5, 5.41) is 0. The Morgan fingerprint density at radius 1 is 1.50 bits per heavy atom. The first-order chi connectivity index (χ1) is 8.72. The van der Waals surface area contributed by atoms with E-state index in [1.54, 1.807) is 4.90 Å². The Bertz CT molecular complexity index is 394. The van der Waals surface area contributed by atoms with Crippen molar-refractivity contribution in [2.24, 2.45) is 5.73 Å². The molecule has 1 saturated heterocycles. The third-order valence-electron chi connectivity index (χ3n) is 3.20. The number of rotatable bonds is 4.